The Labute approximate surface area is 130 Å². The molecule has 0 aliphatic carbocycles. The first kappa shape index (κ1) is 15.5. The zero-order valence-corrected chi connectivity index (χ0v) is 14.0. The van der Waals surface area contributed by atoms with Gasteiger partial charge in [-0.05, 0) is 51.4 Å². The molecule has 0 saturated heterocycles. The summed E-state index contributed by atoms with van der Waals surface area (Å²) >= 11 is 7.74. The number of nitrogens with zero attached hydrogens (tertiary/aromatic N) is 1. The number of hydrogen-bond donors (Lipinski definition) is 1. The van der Waals surface area contributed by atoms with Gasteiger partial charge in [0.15, 0.2) is 0 Å². The minimum absolute atomic E-state index is 0.142. The molecule has 0 saturated carbocycles. The van der Waals surface area contributed by atoms with Gasteiger partial charge in [-0.15, -0.1) is 11.3 Å². The highest BCUT2D eigenvalue weighted by molar-refractivity contribution is 7.11. The van der Waals surface area contributed by atoms with E-state index >= 15 is 0 Å². The van der Waals surface area contributed by atoms with Gasteiger partial charge in [-0.1, -0.05) is 30.7 Å². The summed E-state index contributed by atoms with van der Waals surface area (Å²) in [7, 11) is 2.00. The average molecular weight is 309 g/mol. The van der Waals surface area contributed by atoms with Crippen molar-refractivity contribution < 1.29 is 0 Å². The van der Waals surface area contributed by atoms with Gasteiger partial charge in [0.05, 0.1) is 11.2 Å². The van der Waals surface area contributed by atoms with E-state index in [-0.39, 0.29) is 5.54 Å². The Morgan fingerprint density at radius 2 is 1.95 bits per heavy atom. The molecule has 1 unspecified atom stereocenters. The lowest BCUT2D eigenvalue weighted by atomic mass is 9.93. The molecule has 1 atom stereocenters. The fourth-order valence-corrected chi connectivity index (χ4v) is 3.55. The lowest BCUT2D eigenvalue weighted by Gasteiger charge is -2.27. The minimum Gasteiger partial charge on any atom is -0.308 e. The average Bonchev–Trinajstić information content (AvgIpc) is 2.83. The second-order valence-corrected chi connectivity index (χ2v) is 6.90. The largest absolute Gasteiger partial charge is 0.308 e. The number of benzene rings is 1. The van der Waals surface area contributed by atoms with E-state index in [0.717, 1.165) is 22.9 Å². The third-order valence-corrected chi connectivity index (χ3v) is 5.25. The number of aryl methyl sites for hydroxylation is 2. The second-order valence-electron chi connectivity index (χ2n) is 5.26. The van der Waals surface area contributed by atoms with Crippen LogP contribution in [0.3, 0.4) is 0 Å². The van der Waals surface area contributed by atoms with E-state index in [1.165, 1.54) is 16.1 Å². The van der Waals surface area contributed by atoms with Gasteiger partial charge in [-0.3, -0.25) is 0 Å². The molecule has 0 amide bonds. The van der Waals surface area contributed by atoms with Crippen molar-refractivity contribution in [3.05, 3.63) is 50.4 Å². The van der Waals surface area contributed by atoms with Crippen molar-refractivity contribution >= 4 is 22.9 Å². The van der Waals surface area contributed by atoms with Gasteiger partial charge in [-0.25, -0.2) is 4.98 Å². The Morgan fingerprint density at radius 3 is 2.45 bits per heavy atom. The van der Waals surface area contributed by atoms with Crippen LogP contribution in [0, 0.1) is 6.92 Å². The Kier molecular flexibility index (Phi) is 4.84. The molecule has 0 fully saturated rings. The van der Waals surface area contributed by atoms with Gasteiger partial charge in [-0.2, -0.15) is 0 Å². The lowest BCUT2D eigenvalue weighted by molar-refractivity contribution is 0.394. The molecule has 1 aromatic heterocycles. The highest BCUT2D eigenvalue weighted by atomic mass is 35.5. The van der Waals surface area contributed by atoms with Crippen LogP contribution in [-0.4, -0.2) is 12.0 Å². The third-order valence-electron chi connectivity index (χ3n) is 3.72. The van der Waals surface area contributed by atoms with Crippen LogP contribution in [0.15, 0.2) is 24.3 Å². The van der Waals surface area contributed by atoms with E-state index in [4.69, 9.17) is 16.6 Å². The van der Waals surface area contributed by atoms with Crippen LogP contribution in [0.5, 0.6) is 0 Å². The van der Waals surface area contributed by atoms with Crippen molar-refractivity contribution in [3.63, 3.8) is 0 Å². The molecule has 0 bridgehead atoms. The van der Waals surface area contributed by atoms with Crippen molar-refractivity contribution in [3.8, 4) is 0 Å². The van der Waals surface area contributed by atoms with Crippen LogP contribution in [0.4, 0.5) is 0 Å². The van der Waals surface area contributed by atoms with E-state index < -0.39 is 0 Å². The first-order valence-electron chi connectivity index (χ1n) is 6.88. The molecule has 1 aromatic carbocycles. The number of halogens is 1. The monoisotopic (exact) mass is 308 g/mol. The molecule has 0 aliphatic rings. The standard InChI is InChI=1S/C16H21ClN2S/c1-5-14-11(2)20-15(19-14)16(3,18-4)10-12-6-8-13(17)9-7-12/h6-9,18H,5,10H2,1-4H3. The van der Waals surface area contributed by atoms with Gasteiger partial charge in [0.2, 0.25) is 0 Å². The molecular weight excluding hydrogens is 288 g/mol. The highest BCUT2D eigenvalue weighted by Gasteiger charge is 2.29. The summed E-state index contributed by atoms with van der Waals surface area (Å²) < 4.78 is 0. The smallest absolute Gasteiger partial charge is 0.113 e. The lowest BCUT2D eigenvalue weighted by Crippen LogP contribution is -2.39. The number of likely N-dealkylation sites (N-methyl/N-ethyl adjacent to an activating group) is 1. The quantitative estimate of drug-likeness (QED) is 0.888. The van der Waals surface area contributed by atoms with Crippen molar-refractivity contribution in [2.45, 2.75) is 39.2 Å². The maximum Gasteiger partial charge on any atom is 0.113 e. The predicted molar refractivity (Wildman–Crippen MR) is 87.8 cm³/mol. The number of hydrogen-bond acceptors (Lipinski definition) is 3. The Bertz CT molecular complexity index is 577. The summed E-state index contributed by atoms with van der Waals surface area (Å²) in [6.07, 6.45) is 1.89. The van der Waals surface area contributed by atoms with Crippen LogP contribution < -0.4 is 5.32 Å². The summed E-state index contributed by atoms with van der Waals surface area (Å²) in [5.74, 6) is 0. The number of rotatable bonds is 5. The van der Waals surface area contributed by atoms with Gasteiger partial charge < -0.3 is 5.32 Å². The predicted octanol–water partition coefficient (Wildman–Crippen LogP) is 4.34. The molecule has 4 heteroatoms. The number of aromatic nitrogens is 1. The molecule has 2 aromatic rings. The number of thiazole rings is 1. The zero-order valence-electron chi connectivity index (χ0n) is 12.5. The molecule has 0 spiro atoms. The van der Waals surface area contributed by atoms with Gasteiger partial charge in [0, 0.05) is 9.90 Å². The minimum atomic E-state index is -0.142. The molecule has 20 heavy (non-hydrogen) atoms. The van der Waals surface area contributed by atoms with Crippen molar-refractivity contribution in [2.75, 3.05) is 7.05 Å². The first-order valence-corrected chi connectivity index (χ1v) is 8.08. The zero-order chi connectivity index (χ0) is 14.8. The normalized spacial score (nSPS) is 14.2. The number of nitrogens with one attached hydrogen (secondary N) is 1. The maximum absolute atomic E-state index is 5.95. The Hall–Kier alpha value is -0.900. The third kappa shape index (κ3) is 3.22. The summed E-state index contributed by atoms with van der Waals surface area (Å²) in [5.41, 5.74) is 2.33. The molecule has 0 aliphatic heterocycles. The SMILES string of the molecule is CCc1nc(C(C)(Cc2ccc(Cl)cc2)NC)sc1C. The van der Waals surface area contributed by atoms with E-state index in [2.05, 4.69) is 38.2 Å². The molecule has 1 heterocycles. The molecule has 2 rings (SSSR count). The van der Waals surface area contributed by atoms with Crippen LogP contribution in [-0.2, 0) is 18.4 Å². The van der Waals surface area contributed by atoms with Crippen LogP contribution in [0.2, 0.25) is 5.02 Å². The molecular formula is C16H21ClN2S. The van der Waals surface area contributed by atoms with Crippen LogP contribution in [0.25, 0.3) is 0 Å². The van der Waals surface area contributed by atoms with Crippen molar-refractivity contribution in [2.24, 2.45) is 0 Å². The first-order chi connectivity index (χ1) is 9.48. The fourth-order valence-electron chi connectivity index (χ4n) is 2.27. The van der Waals surface area contributed by atoms with Crippen molar-refractivity contribution in [1.82, 2.24) is 10.3 Å². The summed E-state index contributed by atoms with van der Waals surface area (Å²) in [4.78, 5) is 6.13. The van der Waals surface area contributed by atoms with E-state index in [0.29, 0.717) is 0 Å². The molecule has 0 radical (unpaired) electrons. The molecule has 1 N–H and O–H groups in total. The Balaban J connectivity index is 2.30. The summed E-state index contributed by atoms with van der Waals surface area (Å²) in [5, 5.41) is 5.37. The van der Waals surface area contributed by atoms with Gasteiger partial charge >= 0.3 is 0 Å². The van der Waals surface area contributed by atoms with Crippen LogP contribution >= 0.6 is 22.9 Å². The Morgan fingerprint density at radius 1 is 1.30 bits per heavy atom. The highest BCUT2D eigenvalue weighted by Crippen LogP contribution is 2.31. The maximum atomic E-state index is 5.95. The topological polar surface area (TPSA) is 24.9 Å². The summed E-state index contributed by atoms with van der Waals surface area (Å²) in [6, 6.07) is 8.05. The molecule has 2 nitrogen and oxygen atoms in total. The second kappa shape index (κ2) is 6.25. The van der Waals surface area contributed by atoms with Crippen LogP contribution in [0.1, 0.15) is 35.0 Å². The van der Waals surface area contributed by atoms with E-state index in [1.807, 2.05) is 19.2 Å². The summed E-state index contributed by atoms with van der Waals surface area (Å²) in [6.45, 7) is 6.51. The van der Waals surface area contributed by atoms with Gasteiger partial charge in [0.25, 0.3) is 0 Å². The van der Waals surface area contributed by atoms with Gasteiger partial charge in [0.1, 0.15) is 5.01 Å². The molecule has 108 valence electrons. The van der Waals surface area contributed by atoms with E-state index in [1.54, 1.807) is 11.3 Å². The van der Waals surface area contributed by atoms with Crippen molar-refractivity contribution in [1.29, 1.82) is 0 Å². The van der Waals surface area contributed by atoms with E-state index in [9.17, 15) is 0 Å². The fraction of sp³-hybridized carbons (Fsp3) is 0.438.